The molecule has 4 nitrogen and oxygen atoms in total. The summed E-state index contributed by atoms with van der Waals surface area (Å²) >= 11 is 7.29. The van der Waals surface area contributed by atoms with Gasteiger partial charge >= 0.3 is 5.35 Å². The van der Waals surface area contributed by atoms with Crippen molar-refractivity contribution in [3.8, 4) is 5.75 Å². The van der Waals surface area contributed by atoms with Crippen molar-refractivity contribution in [3.05, 3.63) is 35.4 Å². The van der Waals surface area contributed by atoms with E-state index in [9.17, 15) is 0 Å². The first-order valence-corrected chi connectivity index (χ1v) is 6.07. The Kier molecular flexibility index (Phi) is 2.49. The largest absolute Gasteiger partial charge is 0.480 e. The van der Waals surface area contributed by atoms with Crippen LogP contribution in [0.25, 0.3) is 0 Å². The molecule has 0 aliphatic carbocycles. The van der Waals surface area contributed by atoms with Crippen LogP contribution in [0.5, 0.6) is 5.75 Å². The standard InChI is InChI=1S/C10H7ClN2O2S/c11-10-12-9(13-15-10)7-5-16-8-4-2-1-3-6(8)14-7/h1-4,7H,5H2. The van der Waals surface area contributed by atoms with Gasteiger partial charge in [0.15, 0.2) is 6.10 Å². The summed E-state index contributed by atoms with van der Waals surface area (Å²) < 4.78 is 10.5. The van der Waals surface area contributed by atoms with Crippen LogP contribution in [0.3, 0.4) is 0 Å². The van der Waals surface area contributed by atoms with Crippen molar-refractivity contribution in [2.24, 2.45) is 0 Å². The van der Waals surface area contributed by atoms with Crippen LogP contribution in [-0.4, -0.2) is 15.9 Å². The van der Waals surface area contributed by atoms with Gasteiger partial charge in [0.2, 0.25) is 5.82 Å². The van der Waals surface area contributed by atoms with Gasteiger partial charge in [-0.05, 0) is 23.7 Å². The topological polar surface area (TPSA) is 48.2 Å². The molecule has 2 heterocycles. The van der Waals surface area contributed by atoms with Crippen LogP contribution in [0.1, 0.15) is 11.9 Å². The summed E-state index contributed by atoms with van der Waals surface area (Å²) in [6, 6.07) is 7.88. The molecule has 0 fully saturated rings. The first-order valence-electron chi connectivity index (χ1n) is 4.70. The van der Waals surface area contributed by atoms with E-state index < -0.39 is 0 Å². The number of ether oxygens (including phenoxy) is 1. The highest BCUT2D eigenvalue weighted by Gasteiger charge is 2.25. The fraction of sp³-hybridized carbons (Fsp3) is 0.200. The normalized spacial score (nSPS) is 18.9. The lowest BCUT2D eigenvalue weighted by Gasteiger charge is -2.22. The molecule has 0 N–H and O–H groups in total. The number of thioether (sulfide) groups is 1. The van der Waals surface area contributed by atoms with Gasteiger partial charge in [-0.2, -0.15) is 4.98 Å². The Bertz CT molecular complexity index is 517. The molecule has 2 aromatic rings. The minimum atomic E-state index is -0.198. The second-order valence-electron chi connectivity index (χ2n) is 3.27. The quantitative estimate of drug-likeness (QED) is 0.783. The second-order valence-corrected chi connectivity index (χ2v) is 4.65. The molecule has 1 aliphatic rings. The molecule has 3 rings (SSSR count). The SMILES string of the molecule is Clc1nc(C2CSc3ccccc3O2)no1. The van der Waals surface area contributed by atoms with Crippen LogP contribution < -0.4 is 4.74 Å². The molecule has 16 heavy (non-hydrogen) atoms. The molecule has 6 heteroatoms. The summed E-state index contributed by atoms with van der Waals surface area (Å²) in [7, 11) is 0. The van der Waals surface area contributed by atoms with Crippen molar-refractivity contribution >= 4 is 23.4 Å². The molecule has 0 bridgehead atoms. The van der Waals surface area contributed by atoms with E-state index in [-0.39, 0.29) is 11.5 Å². The molecule has 1 unspecified atom stereocenters. The molecular formula is C10H7ClN2O2S. The smallest absolute Gasteiger partial charge is 0.320 e. The zero-order valence-electron chi connectivity index (χ0n) is 8.09. The summed E-state index contributed by atoms with van der Waals surface area (Å²) in [4.78, 5) is 5.09. The number of aromatic nitrogens is 2. The van der Waals surface area contributed by atoms with E-state index >= 15 is 0 Å². The monoisotopic (exact) mass is 254 g/mol. The molecule has 0 saturated carbocycles. The Morgan fingerprint density at radius 2 is 2.25 bits per heavy atom. The van der Waals surface area contributed by atoms with Gasteiger partial charge in [-0.1, -0.05) is 17.3 Å². The van der Waals surface area contributed by atoms with Gasteiger partial charge in [0.05, 0.1) is 0 Å². The van der Waals surface area contributed by atoms with Gasteiger partial charge in [-0.15, -0.1) is 11.8 Å². The molecule has 82 valence electrons. The van der Waals surface area contributed by atoms with Crippen LogP contribution in [0, 0.1) is 0 Å². The first kappa shape index (κ1) is 9.99. The van der Waals surface area contributed by atoms with Crippen LogP contribution >= 0.6 is 23.4 Å². The zero-order chi connectivity index (χ0) is 11.0. The van der Waals surface area contributed by atoms with E-state index in [1.807, 2.05) is 24.3 Å². The van der Waals surface area contributed by atoms with Gasteiger partial charge in [-0.3, -0.25) is 0 Å². The maximum atomic E-state index is 5.77. The number of fused-ring (bicyclic) bond motifs is 1. The summed E-state index contributed by atoms with van der Waals surface area (Å²) in [5.41, 5.74) is 0. The number of para-hydroxylation sites is 1. The average molecular weight is 255 g/mol. The fourth-order valence-corrected chi connectivity index (χ4v) is 2.60. The van der Waals surface area contributed by atoms with Gasteiger partial charge < -0.3 is 9.26 Å². The van der Waals surface area contributed by atoms with E-state index in [2.05, 4.69) is 10.1 Å². The fourth-order valence-electron chi connectivity index (χ4n) is 1.49. The number of nitrogens with zero attached hydrogens (tertiary/aromatic N) is 2. The third kappa shape index (κ3) is 1.76. The van der Waals surface area contributed by atoms with E-state index in [4.69, 9.17) is 20.9 Å². The van der Waals surface area contributed by atoms with Crippen molar-refractivity contribution in [1.29, 1.82) is 0 Å². The minimum Gasteiger partial charge on any atom is -0.480 e. The van der Waals surface area contributed by atoms with Crippen molar-refractivity contribution in [2.45, 2.75) is 11.0 Å². The summed E-state index contributed by atoms with van der Waals surface area (Å²) in [6.07, 6.45) is -0.198. The Labute approximate surface area is 101 Å². The van der Waals surface area contributed by atoms with Gasteiger partial charge in [0, 0.05) is 10.6 Å². The molecule has 1 atom stereocenters. The molecule has 1 aliphatic heterocycles. The molecule has 0 spiro atoms. The highest BCUT2D eigenvalue weighted by atomic mass is 35.5. The molecule has 1 aromatic heterocycles. The molecule has 1 aromatic carbocycles. The van der Waals surface area contributed by atoms with Gasteiger partial charge in [0.1, 0.15) is 5.75 Å². The van der Waals surface area contributed by atoms with Gasteiger partial charge in [-0.25, -0.2) is 0 Å². The number of rotatable bonds is 1. The summed E-state index contributed by atoms with van der Waals surface area (Å²) in [5.74, 6) is 2.10. The number of hydrogen-bond acceptors (Lipinski definition) is 5. The van der Waals surface area contributed by atoms with Crippen LogP contribution in [0.2, 0.25) is 5.35 Å². The predicted octanol–water partition coefficient (Wildman–Crippen LogP) is 2.95. The zero-order valence-corrected chi connectivity index (χ0v) is 9.66. The van der Waals surface area contributed by atoms with E-state index in [1.165, 1.54) is 0 Å². The maximum Gasteiger partial charge on any atom is 0.320 e. The second kappa shape index (κ2) is 3.99. The van der Waals surface area contributed by atoms with E-state index in [0.717, 1.165) is 16.4 Å². The van der Waals surface area contributed by atoms with Gasteiger partial charge in [0.25, 0.3) is 0 Å². The lowest BCUT2D eigenvalue weighted by molar-refractivity contribution is 0.205. The third-order valence-corrected chi connectivity index (χ3v) is 3.48. The van der Waals surface area contributed by atoms with Crippen molar-refractivity contribution in [2.75, 3.05) is 5.75 Å². The predicted molar refractivity (Wildman–Crippen MR) is 59.8 cm³/mol. The number of hydrogen-bond donors (Lipinski definition) is 0. The van der Waals surface area contributed by atoms with Crippen LogP contribution in [0.4, 0.5) is 0 Å². The van der Waals surface area contributed by atoms with Crippen molar-refractivity contribution < 1.29 is 9.26 Å². The molecule has 0 radical (unpaired) electrons. The van der Waals surface area contributed by atoms with Crippen LogP contribution in [0.15, 0.2) is 33.7 Å². The molecular weight excluding hydrogens is 248 g/mol. The van der Waals surface area contributed by atoms with E-state index in [0.29, 0.717) is 5.82 Å². The maximum absolute atomic E-state index is 5.77. The van der Waals surface area contributed by atoms with Crippen molar-refractivity contribution in [1.82, 2.24) is 10.1 Å². The molecule has 0 saturated heterocycles. The molecule has 0 amide bonds. The minimum absolute atomic E-state index is 0.0439. The highest BCUT2D eigenvalue weighted by molar-refractivity contribution is 7.99. The Balaban J connectivity index is 1.88. The Morgan fingerprint density at radius 3 is 3.06 bits per heavy atom. The van der Waals surface area contributed by atoms with E-state index in [1.54, 1.807) is 11.8 Å². The highest BCUT2D eigenvalue weighted by Crippen LogP contribution is 2.39. The average Bonchev–Trinajstić information content (AvgIpc) is 2.75. The number of halogens is 1. The first-order chi connectivity index (χ1) is 7.83. The summed E-state index contributed by atoms with van der Waals surface area (Å²) in [6.45, 7) is 0. The van der Waals surface area contributed by atoms with Crippen molar-refractivity contribution in [3.63, 3.8) is 0 Å². The summed E-state index contributed by atoms with van der Waals surface area (Å²) in [5, 5.41) is 3.80. The lowest BCUT2D eigenvalue weighted by Crippen LogP contribution is -2.16. The lowest BCUT2D eigenvalue weighted by atomic mass is 10.3. The Hall–Kier alpha value is -1.20. The van der Waals surface area contributed by atoms with Crippen LogP contribution in [-0.2, 0) is 0 Å². The third-order valence-electron chi connectivity index (χ3n) is 2.21. The number of benzene rings is 1. The Morgan fingerprint density at radius 1 is 1.38 bits per heavy atom.